The lowest BCUT2D eigenvalue weighted by Crippen LogP contribution is -2.08. The minimum Gasteiger partial charge on any atom is -0.508 e. The molecule has 0 amide bonds. The van der Waals surface area contributed by atoms with Crippen LogP contribution in [0.4, 0.5) is 5.69 Å². The van der Waals surface area contributed by atoms with E-state index in [-0.39, 0.29) is 11.8 Å². The van der Waals surface area contributed by atoms with Crippen molar-refractivity contribution in [3.8, 4) is 17.2 Å². The fourth-order valence-corrected chi connectivity index (χ4v) is 2.25. The molecule has 0 radical (unpaired) electrons. The van der Waals surface area contributed by atoms with Gasteiger partial charge in [-0.2, -0.15) is 0 Å². The summed E-state index contributed by atoms with van der Waals surface area (Å²) in [6.45, 7) is 4.01. The maximum Gasteiger partial charge on any atom is 0.141 e. The van der Waals surface area contributed by atoms with Crippen molar-refractivity contribution in [1.82, 2.24) is 0 Å². The summed E-state index contributed by atoms with van der Waals surface area (Å²) in [5.74, 6) is 1.73. The molecule has 0 aliphatic rings. The normalized spacial score (nSPS) is 11.8. The second kappa shape index (κ2) is 6.39. The lowest BCUT2D eigenvalue weighted by molar-refractivity contribution is 0.409. The maximum atomic E-state index is 10.0. The number of methoxy groups -OCH3 is 2. The van der Waals surface area contributed by atoms with Crippen LogP contribution in [0.2, 0.25) is 0 Å². The molecule has 1 atom stereocenters. The van der Waals surface area contributed by atoms with Crippen molar-refractivity contribution in [2.75, 3.05) is 19.5 Å². The Kier molecular flexibility index (Phi) is 4.58. The largest absolute Gasteiger partial charge is 0.508 e. The number of hydrogen-bond acceptors (Lipinski definition) is 4. The molecule has 0 aromatic heterocycles. The zero-order valence-electron chi connectivity index (χ0n) is 12.8. The number of anilines is 1. The molecule has 4 nitrogen and oxygen atoms in total. The van der Waals surface area contributed by atoms with Gasteiger partial charge < -0.3 is 19.9 Å². The number of phenols is 1. The van der Waals surface area contributed by atoms with Crippen molar-refractivity contribution < 1.29 is 14.6 Å². The minimum atomic E-state index is -0.0872. The predicted molar refractivity (Wildman–Crippen MR) is 84.4 cm³/mol. The van der Waals surface area contributed by atoms with Crippen LogP contribution in [0.3, 0.4) is 0 Å². The van der Waals surface area contributed by atoms with Gasteiger partial charge in [0.05, 0.1) is 25.9 Å². The van der Waals surface area contributed by atoms with Crippen molar-refractivity contribution >= 4 is 5.69 Å². The topological polar surface area (TPSA) is 50.7 Å². The first kappa shape index (κ1) is 15.0. The maximum absolute atomic E-state index is 10.0. The second-order valence-corrected chi connectivity index (χ2v) is 4.99. The zero-order chi connectivity index (χ0) is 15.4. The standard InChI is InChI=1S/C17H21NO3/c1-11-5-8-17(21-4)15(9-11)18-12(2)14-10-13(20-3)6-7-16(14)19/h5-10,12,18-19H,1-4H3. The average molecular weight is 287 g/mol. The Bertz CT molecular complexity index is 625. The van der Waals surface area contributed by atoms with Gasteiger partial charge in [0.15, 0.2) is 0 Å². The van der Waals surface area contributed by atoms with E-state index in [0.29, 0.717) is 5.75 Å². The van der Waals surface area contributed by atoms with Crippen LogP contribution in [-0.4, -0.2) is 19.3 Å². The van der Waals surface area contributed by atoms with E-state index >= 15 is 0 Å². The highest BCUT2D eigenvalue weighted by Crippen LogP contribution is 2.33. The highest BCUT2D eigenvalue weighted by atomic mass is 16.5. The Morgan fingerprint density at radius 3 is 2.48 bits per heavy atom. The van der Waals surface area contributed by atoms with Crippen molar-refractivity contribution in [3.05, 3.63) is 47.5 Å². The Labute approximate surface area is 125 Å². The van der Waals surface area contributed by atoms with Gasteiger partial charge in [-0.1, -0.05) is 6.07 Å². The van der Waals surface area contributed by atoms with Crippen molar-refractivity contribution in [2.45, 2.75) is 19.9 Å². The van der Waals surface area contributed by atoms with Crippen LogP contribution in [0, 0.1) is 6.92 Å². The first-order chi connectivity index (χ1) is 10.0. The molecule has 0 aliphatic carbocycles. The van der Waals surface area contributed by atoms with Crippen LogP contribution in [0.5, 0.6) is 17.2 Å². The fourth-order valence-electron chi connectivity index (χ4n) is 2.25. The van der Waals surface area contributed by atoms with Crippen molar-refractivity contribution in [1.29, 1.82) is 0 Å². The summed E-state index contributed by atoms with van der Waals surface area (Å²) in [6, 6.07) is 11.1. The molecule has 0 fully saturated rings. The van der Waals surface area contributed by atoms with E-state index < -0.39 is 0 Å². The minimum absolute atomic E-state index is 0.0872. The Morgan fingerprint density at radius 1 is 1.05 bits per heavy atom. The van der Waals surface area contributed by atoms with Crippen molar-refractivity contribution in [3.63, 3.8) is 0 Å². The van der Waals surface area contributed by atoms with Gasteiger partial charge >= 0.3 is 0 Å². The van der Waals surface area contributed by atoms with Gasteiger partial charge in [-0.25, -0.2) is 0 Å². The van der Waals surface area contributed by atoms with E-state index in [1.54, 1.807) is 26.4 Å². The molecule has 0 heterocycles. The van der Waals surface area contributed by atoms with E-state index in [1.807, 2.05) is 38.1 Å². The summed E-state index contributed by atoms with van der Waals surface area (Å²) >= 11 is 0. The number of rotatable bonds is 5. The Morgan fingerprint density at radius 2 is 1.81 bits per heavy atom. The predicted octanol–water partition coefficient (Wildman–Crippen LogP) is 3.89. The van der Waals surface area contributed by atoms with Gasteiger partial charge in [-0.3, -0.25) is 0 Å². The molecular formula is C17H21NO3. The van der Waals surface area contributed by atoms with Gasteiger partial charge in [0.25, 0.3) is 0 Å². The summed E-state index contributed by atoms with van der Waals surface area (Å²) < 4.78 is 10.6. The Hall–Kier alpha value is -2.36. The molecule has 4 heteroatoms. The molecule has 21 heavy (non-hydrogen) atoms. The van der Waals surface area contributed by atoms with E-state index in [1.165, 1.54) is 0 Å². The van der Waals surface area contributed by atoms with Crippen LogP contribution < -0.4 is 14.8 Å². The highest BCUT2D eigenvalue weighted by molar-refractivity contribution is 5.59. The molecule has 0 saturated heterocycles. The molecular weight excluding hydrogens is 266 g/mol. The fraction of sp³-hybridized carbons (Fsp3) is 0.294. The first-order valence-corrected chi connectivity index (χ1v) is 6.83. The molecule has 2 N–H and O–H groups in total. The molecule has 0 saturated carbocycles. The number of hydrogen-bond donors (Lipinski definition) is 2. The van der Waals surface area contributed by atoms with Crippen LogP contribution in [-0.2, 0) is 0 Å². The lowest BCUT2D eigenvalue weighted by atomic mass is 10.1. The van der Waals surface area contributed by atoms with E-state index in [9.17, 15) is 5.11 Å². The highest BCUT2D eigenvalue weighted by Gasteiger charge is 2.13. The molecule has 2 rings (SSSR count). The number of benzene rings is 2. The summed E-state index contributed by atoms with van der Waals surface area (Å²) in [5.41, 5.74) is 2.81. The summed E-state index contributed by atoms with van der Waals surface area (Å²) in [5, 5.41) is 13.4. The van der Waals surface area contributed by atoms with Gasteiger partial charge in [0.2, 0.25) is 0 Å². The van der Waals surface area contributed by atoms with E-state index in [0.717, 1.165) is 22.6 Å². The smallest absolute Gasteiger partial charge is 0.141 e. The molecule has 2 aromatic rings. The van der Waals surface area contributed by atoms with Crippen LogP contribution in [0.25, 0.3) is 0 Å². The first-order valence-electron chi connectivity index (χ1n) is 6.83. The zero-order valence-corrected chi connectivity index (χ0v) is 12.8. The van der Waals surface area contributed by atoms with Crippen LogP contribution in [0.1, 0.15) is 24.1 Å². The number of aryl methyl sites for hydroxylation is 1. The summed E-state index contributed by atoms with van der Waals surface area (Å²) in [6.07, 6.45) is 0. The van der Waals surface area contributed by atoms with E-state index in [2.05, 4.69) is 5.32 Å². The van der Waals surface area contributed by atoms with Gasteiger partial charge in [-0.05, 0) is 49.7 Å². The van der Waals surface area contributed by atoms with Gasteiger partial charge in [0.1, 0.15) is 17.2 Å². The summed E-state index contributed by atoms with van der Waals surface area (Å²) in [7, 11) is 3.25. The third kappa shape index (κ3) is 3.40. The number of aromatic hydroxyl groups is 1. The van der Waals surface area contributed by atoms with Gasteiger partial charge in [-0.15, -0.1) is 0 Å². The van der Waals surface area contributed by atoms with Crippen LogP contribution in [0.15, 0.2) is 36.4 Å². The molecule has 112 valence electrons. The van der Waals surface area contributed by atoms with E-state index in [4.69, 9.17) is 9.47 Å². The number of ether oxygens (including phenoxy) is 2. The molecule has 1 unspecified atom stereocenters. The third-order valence-electron chi connectivity index (χ3n) is 3.43. The average Bonchev–Trinajstić information content (AvgIpc) is 2.48. The van der Waals surface area contributed by atoms with Crippen molar-refractivity contribution in [2.24, 2.45) is 0 Å². The summed E-state index contributed by atoms with van der Waals surface area (Å²) in [4.78, 5) is 0. The number of phenolic OH excluding ortho intramolecular Hbond substituents is 1. The lowest BCUT2D eigenvalue weighted by Gasteiger charge is -2.19. The monoisotopic (exact) mass is 287 g/mol. The quantitative estimate of drug-likeness (QED) is 0.876. The number of nitrogens with one attached hydrogen (secondary N) is 1. The van der Waals surface area contributed by atoms with Crippen LogP contribution >= 0.6 is 0 Å². The SMILES string of the molecule is COc1ccc(O)c(C(C)Nc2cc(C)ccc2OC)c1. The molecule has 0 aliphatic heterocycles. The van der Waals surface area contributed by atoms with Gasteiger partial charge in [0, 0.05) is 5.56 Å². The third-order valence-corrected chi connectivity index (χ3v) is 3.43. The molecule has 0 spiro atoms. The Balaban J connectivity index is 2.29. The molecule has 0 bridgehead atoms. The second-order valence-electron chi connectivity index (χ2n) is 4.99. The molecule has 2 aromatic carbocycles.